The van der Waals surface area contributed by atoms with Crippen LogP contribution in [0.5, 0.6) is 5.75 Å². The summed E-state index contributed by atoms with van der Waals surface area (Å²) in [6.07, 6.45) is 1.10. The van der Waals surface area contributed by atoms with E-state index in [2.05, 4.69) is 54.8 Å². The van der Waals surface area contributed by atoms with E-state index >= 15 is 0 Å². The van der Waals surface area contributed by atoms with Crippen LogP contribution in [-0.4, -0.2) is 40.7 Å². The van der Waals surface area contributed by atoms with E-state index < -0.39 is 11.0 Å². The highest BCUT2D eigenvalue weighted by atomic mass is 16.6. The monoisotopic (exact) mass is 432 g/mol. The summed E-state index contributed by atoms with van der Waals surface area (Å²) in [6.45, 7) is 7.74. The minimum absolute atomic E-state index is 0.00324. The van der Waals surface area contributed by atoms with Crippen molar-refractivity contribution in [2.75, 3.05) is 19.7 Å². The topological polar surface area (TPSA) is 75.8 Å². The SMILES string of the molecule is C=CCN(Cc1ccc(-c2ccccc2C)cc1)CC(O)COc1ccc([N+](=O)[O-])cc1. The van der Waals surface area contributed by atoms with Crippen molar-refractivity contribution in [2.24, 2.45) is 0 Å². The summed E-state index contributed by atoms with van der Waals surface area (Å²) in [4.78, 5) is 12.4. The van der Waals surface area contributed by atoms with Crippen molar-refractivity contribution in [3.63, 3.8) is 0 Å². The second kappa shape index (κ2) is 11.2. The van der Waals surface area contributed by atoms with Crippen LogP contribution in [0.1, 0.15) is 11.1 Å². The van der Waals surface area contributed by atoms with Gasteiger partial charge in [-0.15, -0.1) is 6.58 Å². The Balaban J connectivity index is 1.56. The highest BCUT2D eigenvalue weighted by Crippen LogP contribution is 2.24. The number of hydrogen-bond acceptors (Lipinski definition) is 5. The molecule has 0 heterocycles. The molecule has 0 spiro atoms. The van der Waals surface area contributed by atoms with Crippen molar-refractivity contribution in [1.29, 1.82) is 0 Å². The lowest BCUT2D eigenvalue weighted by molar-refractivity contribution is -0.384. The summed E-state index contributed by atoms with van der Waals surface area (Å²) in [5.74, 6) is 0.483. The smallest absolute Gasteiger partial charge is 0.269 e. The fraction of sp³-hybridized carbons (Fsp3) is 0.231. The molecule has 0 saturated carbocycles. The predicted octanol–water partition coefficient (Wildman–Crippen LogP) is 5.00. The van der Waals surface area contributed by atoms with E-state index in [1.165, 1.54) is 41.0 Å². The molecule has 0 bridgehead atoms. The number of ether oxygens (including phenoxy) is 1. The number of aliphatic hydroxyl groups excluding tert-OH is 1. The van der Waals surface area contributed by atoms with E-state index in [1.54, 1.807) is 0 Å². The number of nitrogens with zero attached hydrogens (tertiary/aromatic N) is 2. The zero-order valence-electron chi connectivity index (χ0n) is 18.2. The number of aryl methyl sites for hydroxylation is 1. The van der Waals surface area contributed by atoms with Crippen molar-refractivity contribution in [1.82, 2.24) is 4.90 Å². The first-order chi connectivity index (χ1) is 15.5. The van der Waals surface area contributed by atoms with Crippen molar-refractivity contribution >= 4 is 5.69 Å². The Labute approximate surface area is 188 Å². The first-order valence-electron chi connectivity index (χ1n) is 10.5. The third kappa shape index (κ3) is 6.51. The summed E-state index contributed by atoms with van der Waals surface area (Å²) >= 11 is 0. The number of non-ortho nitro benzene ring substituents is 1. The van der Waals surface area contributed by atoms with Crippen LogP contribution < -0.4 is 4.74 Å². The molecule has 6 nitrogen and oxygen atoms in total. The molecule has 3 aromatic rings. The number of nitro groups is 1. The standard InChI is InChI=1S/C26H28N2O4/c1-3-16-27(18-24(29)19-32-25-14-12-23(13-15-25)28(30)31)17-21-8-10-22(11-9-21)26-7-5-4-6-20(26)2/h3-15,24,29H,1,16-19H2,2H3. The molecule has 0 aliphatic heterocycles. The van der Waals surface area contributed by atoms with Gasteiger partial charge < -0.3 is 9.84 Å². The minimum atomic E-state index is -0.712. The summed E-state index contributed by atoms with van der Waals surface area (Å²) < 4.78 is 5.58. The van der Waals surface area contributed by atoms with E-state index in [4.69, 9.17) is 4.74 Å². The van der Waals surface area contributed by atoms with Crippen molar-refractivity contribution in [2.45, 2.75) is 19.6 Å². The Bertz CT molecular complexity index is 1030. The second-order valence-electron chi connectivity index (χ2n) is 7.71. The van der Waals surface area contributed by atoms with Crippen LogP contribution in [0.3, 0.4) is 0 Å². The van der Waals surface area contributed by atoms with E-state index in [0.29, 0.717) is 25.4 Å². The highest BCUT2D eigenvalue weighted by molar-refractivity contribution is 5.67. The first kappa shape index (κ1) is 23.2. The molecule has 1 unspecified atom stereocenters. The zero-order valence-corrected chi connectivity index (χ0v) is 18.2. The molecule has 0 aliphatic carbocycles. The molecule has 1 N–H and O–H groups in total. The molecular formula is C26H28N2O4. The maximum Gasteiger partial charge on any atom is 0.269 e. The maximum atomic E-state index is 10.7. The normalized spacial score (nSPS) is 11.8. The predicted molar refractivity (Wildman–Crippen MR) is 127 cm³/mol. The van der Waals surface area contributed by atoms with Crippen LogP contribution >= 0.6 is 0 Å². The zero-order chi connectivity index (χ0) is 22.9. The Hall–Kier alpha value is -3.48. The lowest BCUT2D eigenvalue weighted by Gasteiger charge is -2.24. The highest BCUT2D eigenvalue weighted by Gasteiger charge is 2.13. The average Bonchev–Trinajstić information content (AvgIpc) is 2.79. The molecule has 6 heteroatoms. The van der Waals surface area contributed by atoms with Gasteiger partial charge in [0, 0.05) is 31.8 Å². The van der Waals surface area contributed by atoms with Gasteiger partial charge in [-0.1, -0.05) is 54.6 Å². The number of rotatable bonds is 11. The van der Waals surface area contributed by atoms with Gasteiger partial charge in [0.1, 0.15) is 18.5 Å². The van der Waals surface area contributed by atoms with Gasteiger partial charge in [0.05, 0.1) is 4.92 Å². The Morgan fingerprint density at radius 3 is 2.41 bits per heavy atom. The summed E-state index contributed by atoms with van der Waals surface area (Å²) in [5.41, 5.74) is 4.79. The van der Waals surface area contributed by atoms with Gasteiger partial charge in [-0.3, -0.25) is 15.0 Å². The van der Waals surface area contributed by atoms with Crippen LogP contribution in [0.25, 0.3) is 11.1 Å². The van der Waals surface area contributed by atoms with E-state index in [9.17, 15) is 15.2 Å². The van der Waals surface area contributed by atoms with Gasteiger partial charge in [-0.25, -0.2) is 0 Å². The lowest BCUT2D eigenvalue weighted by atomic mass is 9.99. The molecule has 0 fully saturated rings. The molecule has 166 valence electrons. The number of benzene rings is 3. The fourth-order valence-electron chi connectivity index (χ4n) is 3.54. The fourth-order valence-corrected chi connectivity index (χ4v) is 3.54. The summed E-state index contributed by atoms with van der Waals surface area (Å²) in [5, 5.41) is 21.2. The van der Waals surface area contributed by atoms with E-state index in [-0.39, 0.29) is 12.3 Å². The Morgan fingerprint density at radius 2 is 1.78 bits per heavy atom. The maximum absolute atomic E-state index is 10.7. The Morgan fingerprint density at radius 1 is 1.09 bits per heavy atom. The third-order valence-electron chi connectivity index (χ3n) is 5.16. The van der Waals surface area contributed by atoms with Gasteiger partial charge in [0.25, 0.3) is 5.69 Å². The molecule has 32 heavy (non-hydrogen) atoms. The van der Waals surface area contributed by atoms with Gasteiger partial charge in [-0.05, 0) is 41.3 Å². The van der Waals surface area contributed by atoms with E-state index in [0.717, 1.165) is 5.56 Å². The van der Waals surface area contributed by atoms with Crippen LogP contribution in [0.15, 0.2) is 85.5 Å². The third-order valence-corrected chi connectivity index (χ3v) is 5.16. The van der Waals surface area contributed by atoms with Crippen molar-refractivity contribution in [3.05, 3.63) is 107 Å². The molecule has 3 rings (SSSR count). The molecular weight excluding hydrogens is 404 g/mol. The molecule has 0 radical (unpaired) electrons. The van der Waals surface area contributed by atoms with Gasteiger partial charge in [-0.2, -0.15) is 0 Å². The van der Waals surface area contributed by atoms with Crippen molar-refractivity contribution in [3.8, 4) is 16.9 Å². The van der Waals surface area contributed by atoms with Crippen LogP contribution in [0.2, 0.25) is 0 Å². The summed E-state index contributed by atoms with van der Waals surface area (Å²) in [7, 11) is 0. The van der Waals surface area contributed by atoms with Gasteiger partial charge >= 0.3 is 0 Å². The second-order valence-corrected chi connectivity index (χ2v) is 7.71. The minimum Gasteiger partial charge on any atom is -0.491 e. The molecule has 3 aromatic carbocycles. The molecule has 0 amide bonds. The van der Waals surface area contributed by atoms with Crippen LogP contribution in [0.4, 0.5) is 5.69 Å². The molecule has 0 aromatic heterocycles. The largest absolute Gasteiger partial charge is 0.491 e. The van der Waals surface area contributed by atoms with Gasteiger partial charge in [0.2, 0.25) is 0 Å². The number of nitro benzene ring substituents is 1. The molecule has 0 aliphatic rings. The molecule has 1 atom stereocenters. The lowest BCUT2D eigenvalue weighted by Crippen LogP contribution is -2.35. The Kier molecular flexibility index (Phi) is 8.14. The quantitative estimate of drug-likeness (QED) is 0.262. The summed E-state index contributed by atoms with van der Waals surface area (Å²) in [6, 6.07) is 22.6. The van der Waals surface area contributed by atoms with Gasteiger partial charge in [0.15, 0.2) is 0 Å². The van der Waals surface area contributed by atoms with Crippen LogP contribution in [-0.2, 0) is 6.54 Å². The van der Waals surface area contributed by atoms with Crippen LogP contribution in [0, 0.1) is 17.0 Å². The number of hydrogen-bond donors (Lipinski definition) is 1. The van der Waals surface area contributed by atoms with Crippen molar-refractivity contribution < 1.29 is 14.8 Å². The molecule has 0 saturated heterocycles. The average molecular weight is 433 g/mol. The number of aliphatic hydroxyl groups is 1. The van der Waals surface area contributed by atoms with E-state index in [1.807, 2.05) is 18.2 Å². The first-order valence-corrected chi connectivity index (χ1v) is 10.5.